The fraction of sp³-hybridized carbons (Fsp3) is 0.577. The number of carbonyl (C=O) groups excluding carboxylic acids is 2. The third kappa shape index (κ3) is 8.30. The standard InChI is InChI=1S/C26H37BN4O6/c1-26(2,30-12-14-36-15-13-30)17-21(18-28)24(32)31-11-7-6-10-22(31)19-37-25(33)29-23(27(34)35)16-20-8-4-3-5-9-20/h3-5,8-9,17,22-23,34-35H,6-7,10-16,19H2,1-2H3,(H,29,33)/t22-,23+/m1/s1. The molecule has 0 unspecified atom stereocenters. The third-order valence-corrected chi connectivity index (χ3v) is 6.93. The van der Waals surface area contributed by atoms with E-state index in [0.717, 1.165) is 31.5 Å². The second-order valence-corrected chi connectivity index (χ2v) is 10.0. The van der Waals surface area contributed by atoms with Crippen LogP contribution >= 0.6 is 0 Å². The van der Waals surface area contributed by atoms with Gasteiger partial charge in [-0.05, 0) is 51.2 Å². The summed E-state index contributed by atoms with van der Waals surface area (Å²) in [5, 5.41) is 31.7. The van der Waals surface area contributed by atoms with Gasteiger partial charge in [0.25, 0.3) is 5.91 Å². The van der Waals surface area contributed by atoms with Crippen molar-refractivity contribution in [1.29, 1.82) is 5.26 Å². The third-order valence-electron chi connectivity index (χ3n) is 6.93. The van der Waals surface area contributed by atoms with Crippen molar-refractivity contribution in [2.75, 3.05) is 39.5 Å². The molecule has 200 valence electrons. The molecule has 2 saturated heterocycles. The maximum absolute atomic E-state index is 13.4. The summed E-state index contributed by atoms with van der Waals surface area (Å²) in [5.41, 5.74) is 0.408. The number of morpholine rings is 1. The van der Waals surface area contributed by atoms with Gasteiger partial charge in [0.2, 0.25) is 0 Å². The maximum Gasteiger partial charge on any atom is 0.475 e. The summed E-state index contributed by atoms with van der Waals surface area (Å²) < 4.78 is 10.8. The first-order chi connectivity index (χ1) is 17.7. The molecule has 2 atom stereocenters. The van der Waals surface area contributed by atoms with Crippen LogP contribution in [-0.4, -0.2) is 95.9 Å². The van der Waals surface area contributed by atoms with Crippen LogP contribution < -0.4 is 5.32 Å². The summed E-state index contributed by atoms with van der Waals surface area (Å²) in [7, 11) is -1.77. The lowest BCUT2D eigenvalue weighted by Gasteiger charge is -2.39. The van der Waals surface area contributed by atoms with Gasteiger partial charge in [-0.2, -0.15) is 5.26 Å². The van der Waals surface area contributed by atoms with E-state index in [0.29, 0.717) is 26.2 Å². The minimum atomic E-state index is -1.77. The molecule has 3 N–H and O–H groups in total. The number of hydrogen-bond donors (Lipinski definition) is 3. The molecule has 11 heteroatoms. The molecule has 37 heavy (non-hydrogen) atoms. The summed E-state index contributed by atoms with van der Waals surface area (Å²) in [6, 6.07) is 10.9. The number of nitriles is 1. The van der Waals surface area contributed by atoms with Crippen LogP contribution in [0.15, 0.2) is 42.0 Å². The number of hydrogen-bond acceptors (Lipinski definition) is 8. The largest absolute Gasteiger partial charge is 0.475 e. The van der Waals surface area contributed by atoms with E-state index >= 15 is 0 Å². The van der Waals surface area contributed by atoms with Gasteiger partial charge >= 0.3 is 13.2 Å². The Morgan fingerprint density at radius 3 is 2.59 bits per heavy atom. The zero-order valence-electron chi connectivity index (χ0n) is 21.6. The van der Waals surface area contributed by atoms with Crippen molar-refractivity contribution in [1.82, 2.24) is 15.1 Å². The van der Waals surface area contributed by atoms with Crippen molar-refractivity contribution >= 4 is 19.1 Å². The Hall–Kier alpha value is -2.91. The van der Waals surface area contributed by atoms with Gasteiger partial charge in [-0.25, -0.2) is 4.79 Å². The lowest BCUT2D eigenvalue weighted by Crippen LogP contribution is -2.51. The number of nitrogens with one attached hydrogen (secondary N) is 1. The molecule has 2 aliphatic heterocycles. The molecule has 2 heterocycles. The van der Waals surface area contributed by atoms with Crippen molar-refractivity contribution in [3.8, 4) is 6.07 Å². The lowest BCUT2D eigenvalue weighted by molar-refractivity contribution is -0.131. The van der Waals surface area contributed by atoms with Crippen molar-refractivity contribution in [3.63, 3.8) is 0 Å². The van der Waals surface area contributed by atoms with Crippen LogP contribution in [0.2, 0.25) is 0 Å². The molecule has 0 saturated carbocycles. The van der Waals surface area contributed by atoms with E-state index in [9.17, 15) is 24.9 Å². The normalized spacial score (nSPS) is 20.0. The number of benzene rings is 1. The number of alkyl carbamates (subject to hydrolysis) is 1. The molecule has 1 aromatic carbocycles. The molecule has 2 aliphatic rings. The van der Waals surface area contributed by atoms with E-state index in [-0.39, 0.29) is 30.5 Å². The average Bonchev–Trinajstić information content (AvgIpc) is 2.91. The van der Waals surface area contributed by atoms with Crippen molar-refractivity contribution < 1.29 is 29.1 Å². The highest BCUT2D eigenvalue weighted by Crippen LogP contribution is 2.23. The Morgan fingerprint density at radius 2 is 1.95 bits per heavy atom. The van der Waals surface area contributed by atoms with Crippen LogP contribution in [0, 0.1) is 11.3 Å². The Balaban J connectivity index is 1.61. The van der Waals surface area contributed by atoms with E-state index in [1.54, 1.807) is 11.0 Å². The Morgan fingerprint density at radius 1 is 1.24 bits per heavy atom. The topological polar surface area (TPSA) is 135 Å². The Labute approximate surface area is 219 Å². The van der Waals surface area contributed by atoms with E-state index < -0.39 is 24.7 Å². The summed E-state index contributed by atoms with van der Waals surface area (Å²) in [6.07, 6.45) is 3.46. The number of ether oxygens (including phenoxy) is 2. The predicted octanol–water partition coefficient (Wildman–Crippen LogP) is 1.28. The number of likely N-dealkylation sites (tertiary alicyclic amines) is 1. The van der Waals surface area contributed by atoms with Gasteiger partial charge in [-0.1, -0.05) is 30.3 Å². The van der Waals surface area contributed by atoms with Crippen LogP contribution in [-0.2, 0) is 20.7 Å². The molecule has 0 radical (unpaired) electrons. The minimum absolute atomic E-state index is 0.0529. The van der Waals surface area contributed by atoms with Gasteiger partial charge in [-0.15, -0.1) is 0 Å². The van der Waals surface area contributed by atoms with E-state index in [1.165, 1.54) is 0 Å². The van der Waals surface area contributed by atoms with E-state index in [1.807, 2.05) is 44.2 Å². The molecular formula is C26H37BN4O6. The van der Waals surface area contributed by atoms with Crippen molar-refractivity contribution in [2.45, 2.75) is 57.1 Å². The average molecular weight is 512 g/mol. The predicted molar refractivity (Wildman–Crippen MR) is 138 cm³/mol. The van der Waals surface area contributed by atoms with E-state index in [2.05, 4.69) is 16.3 Å². The highest BCUT2D eigenvalue weighted by atomic mass is 16.5. The lowest BCUT2D eigenvalue weighted by atomic mass is 9.76. The Kier molecular flexibility index (Phi) is 10.5. The van der Waals surface area contributed by atoms with Crippen LogP contribution in [0.4, 0.5) is 4.79 Å². The fourth-order valence-corrected chi connectivity index (χ4v) is 4.79. The van der Waals surface area contributed by atoms with Crippen LogP contribution in [0.3, 0.4) is 0 Å². The van der Waals surface area contributed by atoms with Gasteiger partial charge in [0.05, 0.1) is 25.2 Å². The molecule has 10 nitrogen and oxygen atoms in total. The first-order valence-corrected chi connectivity index (χ1v) is 12.8. The zero-order valence-corrected chi connectivity index (χ0v) is 21.6. The van der Waals surface area contributed by atoms with Crippen LogP contribution in [0.5, 0.6) is 0 Å². The fourth-order valence-electron chi connectivity index (χ4n) is 4.79. The number of piperidine rings is 1. The Bertz CT molecular complexity index is 975. The molecule has 0 bridgehead atoms. The summed E-state index contributed by atoms with van der Waals surface area (Å²) in [6.45, 7) is 7.04. The first kappa shape index (κ1) is 28.7. The molecule has 3 rings (SSSR count). The molecule has 2 fully saturated rings. The molecular weight excluding hydrogens is 475 g/mol. The van der Waals surface area contributed by atoms with Crippen molar-refractivity contribution in [2.24, 2.45) is 0 Å². The minimum Gasteiger partial charge on any atom is -0.447 e. The number of amides is 2. The van der Waals surface area contributed by atoms with Gasteiger partial charge in [0.1, 0.15) is 18.2 Å². The summed E-state index contributed by atoms with van der Waals surface area (Å²) in [5.74, 6) is -1.32. The molecule has 0 aliphatic carbocycles. The SMILES string of the molecule is CC(C)(C=C(C#N)C(=O)N1CCCC[C@@H]1COC(=O)N[C@@H](Cc1ccccc1)B(O)O)N1CCOCC1. The molecule has 0 aromatic heterocycles. The summed E-state index contributed by atoms with van der Waals surface area (Å²) in [4.78, 5) is 29.7. The monoisotopic (exact) mass is 512 g/mol. The zero-order chi connectivity index (χ0) is 26.8. The van der Waals surface area contributed by atoms with Gasteiger partial charge in [-0.3, -0.25) is 9.69 Å². The smallest absolute Gasteiger partial charge is 0.447 e. The molecule has 1 aromatic rings. The second-order valence-electron chi connectivity index (χ2n) is 10.0. The second kappa shape index (κ2) is 13.6. The molecule has 0 spiro atoms. The highest BCUT2D eigenvalue weighted by molar-refractivity contribution is 6.43. The highest BCUT2D eigenvalue weighted by Gasteiger charge is 2.33. The maximum atomic E-state index is 13.4. The number of carbonyl (C=O) groups is 2. The first-order valence-electron chi connectivity index (χ1n) is 12.8. The van der Waals surface area contributed by atoms with Crippen LogP contribution in [0.1, 0.15) is 38.7 Å². The van der Waals surface area contributed by atoms with Crippen molar-refractivity contribution in [3.05, 3.63) is 47.5 Å². The molecule has 2 amide bonds. The van der Waals surface area contributed by atoms with Crippen LogP contribution in [0.25, 0.3) is 0 Å². The van der Waals surface area contributed by atoms with Gasteiger partial charge < -0.3 is 29.7 Å². The quantitative estimate of drug-likeness (QED) is 0.256. The van der Waals surface area contributed by atoms with Gasteiger partial charge in [0, 0.05) is 25.2 Å². The summed E-state index contributed by atoms with van der Waals surface area (Å²) >= 11 is 0. The van der Waals surface area contributed by atoms with E-state index in [4.69, 9.17) is 9.47 Å². The number of rotatable bonds is 9. The number of nitrogens with zero attached hydrogens (tertiary/aromatic N) is 3. The van der Waals surface area contributed by atoms with Gasteiger partial charge in [0.15, 0.2) is 0 Å².